The van der Waals surface area contributed by atoms with Gasteiger partial charge in [-0.1, -0.05) is 6.07 Å². The van der Waals surface area contributed by atoms with E-state index >= 15 is 0 Å². The van der Waals surface area contributed by atoms with E-state index in [1.54, 1.807) is 6.07 Å². The summed E-state index contributed by atoms with van der Waals surface area (Å²) in [6.45, 7) is 0.909. The zero-order chi connectivity index (χ0) is 12.0. The van der Waals surface area contributed by atoms with E-state index in [-0.39, 0.29) is 0 Å². The lowest BCUT2D eigenvalue weighted by molar-refractivity contribution is -0.137. The number of nitrogens with zero attached hydrogens (tertiary/aromatic N) is 1. The van der Waals surface area contributed by atoms with Crippen molar-refractivity contribution < 1.29 is 13.2 Å². The van der Waals surface area contributed by atoms with Gasteiger partial charge in [0.2, 0.25) is 0 Å². The molecule has 1 saturated carbocycles. The first kappa shape index (κ1) is 10.9. The van der Waals surface area contributed by atoms with Crippen LogP contribution in [0.3, 0.4) is 0 Å². The summed E-state index contributed by atoms with van der Waals surface area (Å²) in [4.78, 5) is 2.12. The van der Waals surface area contributed by atoms with Crippen molar-refractivity contribution in [2.24, 2.45) is 5.92 Å². The fourth-order valence-electron chi connectivity index (χ4n) is 3.04. The highest BCUT2D eigenvalue weighted by molar-refractivity contribution is 5.51. The number of hydrogen-bond acceptors (Lipinski definition) is 1. The molecule has 1 aromatic carbocycles. The van der Waals surface area contributed by atoms with Gasteiger partial charge in [-0.25, -0.2) is 0 Å². The Balaban J connectivity index is 1.89. The minimum Gasteiger partial charge on any atom is -0.368 e. The van der Waals surface area contributed by atoms with Gasteiger partial charge in [-0.2, -0.15) is 13.2 Å². The van der Waals surface area contributed by atoms with Gasteiger partial charge in [-0.05, 0) is 43.4 Å². The Labute approximate surface area is 98.2 Å². The lowest BCUT2D eigenvalue weighted by atomic mass is 10.1. The molecule has 1 aliphatic carbocycles. The van der Waals surface area contributed by atoms with Crippen molar-refractivity contribution in [2.45, 2.75) is 31.5 Å². The number of fused-ring (bicyclic) bond motifs is 2. The van der Waals surface area contributed by atoms with E-state index in [0.29, 0.717) is 17.6 Å². The van der Waals surface area contributed by atoms with Crippen molar-refractivity contribution >= 4 is 5.69 Å². The van der Waals surface area contributed by atoms with Gasteiger partial charge in [-0.3, -0.25) is 0 Å². The maximum absolute atomic E-state index is 12.6. The van der Waals surface area contributed by atoms with Crippen LogP contribution in [0.2, 0.25) is 0 Å². The third-order valence-corrected chi connectivity index (χ3v) is 3.83. The Morgan fingerprint density at radius 1 is 1.29 bits per heavy atom. The predicted molar refractivity (Wildman–Crippen MR) is 58.8 cm³/mol. The molecule has 1 saturated heterocycles. The highest BCUT2D eigenvalue weighted by Gasteiger charge is 2.38. The lowest BCUT2D eigenvalue weighted by Gasteiger charge is -2.29. The fraction of sp³-hybridized carbons (Fsp3) is 0.538. The van der Waals surface area contributed by atoms with Gasteiger partial charge in [-0.15, -0.1) is 0 Å². The molecule has 0 amide bonds. The fourth-order valence-corrected chi connectivity index (χ4v) is 3.04. The van der Waals surface area contributed by atoms with Crippen LogP contribution in [0.1, 0.15) is 24.8 Å². The van der Waals surface area contributed by atoms with E-state index in [2.05, 4.69) is 11.0 Å². The van der Waals surface area contributed by atoms with Crippen LogP contribution in [0, 0.1) is 12.0 Å². The molecular weight excluding hydrogens is 227 g/mol. The van der Waals surface area contributed by atoms with Gasteiger partial charge in [0.25, 0.3) is 0 Å². The van der Waals surface area contributed by atoms with Crippen LogP contribution in [0.4, 0.5) is 18.9 Å². The minimum atomic E-state index is -4.30. The smallest absolute Gasteiger partial charge is 0.368 e. The number of hydrogen-bond donors (Lipinski definition) is 0. The molecular formula is C13H13F3N. The molecule has 2 aliphatic rings. The van der Waals surface area contributed by atoms with E-state index in [0.717, 1.165) is 19.4 Å². The van der Waals surface area contributed by atoms with Crippen LogP contribution in [0.15, 0.2) is 18.2 Å². The molecule has 1 nitrogen and oxygen atoms in total. The Morgan fingerprint density at radius 2 is 2.12 bits per heavy atom. The Bertz CT molecular complexity index is 427. The summed E-state index contributed by atoms with van der Waals surface area (Å²) >= 11 is 0. The van der Waals surface area contributed by atoms with Crippen LogP contribution in [-0.2, 0) is 6.18 Å². The molecule has 4 heteroatoms. The molecule has 0 spiro atoms. The van der Waals surface area contributed by atoms with Gasteiger partial charge >= 0.3 is 6.18 Å². The van der Waals surface area contributed by atoms with Gasteiger partial charge in [0, 0.05) is 18.3 Å². The van der Waals surface area contributed by atoms with Gasteiger partial charge in [0.05, 0.1) is 5.56 Å². The standard InChI is InChI=1S/C13H13F3N/c14-13(15,16)10-2-1-3-11(7-10)17-8-9-4-5-12(17)6-9/h1,3,7,9,12H,4-6,8H2. The number of piperidine rings is 1. The molecule has 91 valence electrons. The van der Waals surface area contributed by atoms with Crippen LogP contribution in [0.25, 0.3) is 0 Å². The lowest BCUT2D eigenvalue weighted by Crippen LogP contribution is -2.31. The summed E-state index contributed by atoms with van der Waals surface area (Å²) in [5.74, 6) is 0.679. The molecule has 17 heavy (non-hydrogen) atoms. The second-order valence-electron chi connectivity index (χ2n) is 4.94. The molecule has 1 radical (unpaired) electrons. The Kier molecular flexibility index (Phi) is 2.35. The normalized spacial score (nSPS) is 27.8. The molecule has 1 heterocycles. The van der Waals surface area contributed by atoms with Crippen molar-refractivity contribution in [1.82, 2.24) is 0 Å². The number of alkyl halides is 3. The predicted octanol–water partition coefficient (Wildman–Crippen LogP) is 3.49. The van der Waals surface area contributed by atoms with Crippen molar-refractivity contribution in [3.05, 3.63) is 29.8 Å². The maximum Gasteiger partial charge on any atom is 0.417 e. The molecule has 3 rings (SSSR count). The van der Waals surface area contributed by atoms with Crippen LogP contribution in [0.5, 0.6) is 0 Å². The molecule has 2 fully saturated rings. The minimum absolute atomic E-state index is 0.448. The van der Waals surface area contributed by atoms with E-state index in [1.165, 1.54) is 18.6 Å². The average molecular weight is 240 g/mol. The third kappa shape index (κ3) is 1.90. The highest BCUT2D eigenvalue weighted by Crippen LogP contribution is 2.41. The van der Waals surface area contributed by atoms with E-state index in [1.807, 2.05) is 0 Å². The number of anilines is 1. The average Bonchev–Trinajstić information content (AvgIpc) is 2.89. The number of benzene rings is 1. The first-order chi connectivity index (χ1) is 8.04. The van der Waals surface area contributed by atoms with Crippen molar-refractivity contribution in [3.63, 3.8) is 0 Å². The van der Waals surface area contributed by atoms with E-state index in [4.69, 9.17) is 0 Å². The second-order valence-corrected chi connectivity index (χ2v) is 4.94. The summed E-state index contributed by atoms with van der Waals surface area (Å²) in [7, 11) is 0. The monoisotopic (exact) mass is 240 g/mol. The molecule has 0 N–H and O–H groups in total. The third-order valence-electron chi connectivity index (χ3n) is 3.83. The first-order valence-corrected chi connectivity index (χ1v) is 5.89. The van der Waals surface area contributed by atoms with Crippen LogP contribution < -0.4 is 4.90 Å². The Morgan fingerprint density at radius 3 is 2.71 bits per heavy atom. The van der Waals surface area contributed by atoms with E-state index < -0.39 is 11.7 Å². The zero-order valence-corrected chi connectivity index (χ0v) is 9.30. The molecule has 2 atom stereocenters. The Hall–Kier alpha value is -1.19. The van der Waals surface area contributed by atoms with Crippen molar-refractivity contribution in [3.8, 4) is 0 Å². The number of halogens is 3. The summed E-state index contributed by atoms with van der Waals surface area (Å²) < 4.78 is 37.8. The summed E-state index contributed by atoms with van der Waals surface area (Å²) in [5.41, 5.74) is 0.0287. The molecule has 1 aliphatic heterocycles. The summed E-state index contributed by atoms with van der Waals surface area (Å²) in [6.07, 6.45) is -0.814. The topological polar surface area (TPSA) is 3.24 Å². The van der Waals surface area contributed by atoms with Crippen LogP contribution in [-0.4, -0.2) is 12.6 Å². The van der Waals surface area contributed by atoms with E-state index in [9.17, 15) is 13.2 Å². The van der Waals surface area contributed by atoms with Gasteiger partial charge in [0.1, 0.15) is 0 Å². The van der Waals surface area contributed by atoms with Crippen molar-refractivity contribution in [2.75, 3.05) is 11.4 Å². The van der Waals surface area contributed by atoms with Crippen molar-refractivity contribution in [1.29, 1.82) is 0 Å². The summed E-state index contributed by atoms with van der Waals surface area (Å²) in [6, 6.07) is 7.05. The number of rotatable bonds is 1. The quantitative estimate of drug-likeness (QED) is 0.726. The molecule has 2 bridgehead atoms. The molecule has 1 aromatic rings. The second kappa shape index (κ2) is 3.65. The van der Waals surface area contributed by atoms with Crippen LogP contribution >= 0.6 is 0 Å². The van der Waals surface area contributed by atoms with Gasteiger partial charge in [0.15, 0.2) is 0 Å². The largest absolute Gasteiger partial charge is 0.417 e. The summed E-state index contributed by atoms with van der Waals surface area (Å²) in [5, 5.41) is 0. The first-order valence-electron chi connectivity index (χ1n) is 5.89. The molecule has 2 unspecified atom stereocenters. The highest BCUT2D eigenvalue weighted by atomic mass is 19.4. The SMILES string of the molecule is FC(F)(F)c1[c]ccc(N2CC3CCC2C3)c1. The maximum atomic E-state index is 12.6. The molecule has 0 aromatic heterocycles. The van der Waals surface area contributed by atoms with Gasteiger partial charge < -0.3 is 4.90 Å². The zero-order valence-electron chi connectivity index (χ0n) is 9.30.